The SMILES string of the molecule is O=C1CC(c2ccccc2)N(C(=O)CNC(=O)c2ccccn2)CCCCCN1. The number of carbonyl (C=O) groups is 3. The second-order valence-corrected chi connectivity index (χ2v) is 7.03. The third-order valence-electron chi connectivity index (χ3n) is 4.96. The highest BCUT2D eigenvalue weighted by Crippen LogP contribution is 2.25. The summed E-state index contributed by atoms with van der Waals surface area (Å²) in [4.78, 5) is 43.4. The summed E-state index contributed by atoms with van der Waals surface area (Å²) in [5, 5.41) is 5.58. The van der Waals surface area contributed by atoms with E-state index in [0.29, 0.717) is 13.1 Å². The van der Waals surface area contributed by atoms with Crippen molar-refractivity contribution in [3.63, 3.8) is 0 Å². The number of nitrogens with one attached hydrogen (secondary N) is 2. The minimum Gasteiger partial charge on any atom is -0.356 e. The van der Waals surface area contributed by atoms with Gasteiger partial charge in [0.15, 0.2) is 0 Å². The molecular weight excluding hydrogens is 368 g/mol. The van der Waals surface area contributed by atoms with Crippen molar-refractivity contribution in [2.24, 2.45) is 0 Å². The van der Waals surface area contributed by atoms with E-state index in [0.717, 1.165) is 24.8 Å². The predicted molar refractivity (Wildman–Crippen MR) is 109 cm³/mol. The molecule has 0 saturated carbocycles. The number of carbonyl (C=O) groups excluding carboxylic acids is 3. The summed E-state index contributed by atoms with van der Waals surface area (Å²) in [5.74, 6) is -0.679. The van der Waals surface area contributed by atoms with Crippen LogP contribution in [0.4, 0.5) is 0 Å². The molecule has 1 aromatic heterocycles. The van der Waals surface area contributed by atoms with E-state index in [1.54, 1.807) is 23.1 Å². The van der Waals surface area contributed by atoms with Crippen molar-refractivity contribution in [2.45, 2.75) is 31.7 Å². The zero-order valence-corrected chi connectivity index (χ0v) is 16.3. The van der Waals surface area contributed by atoms with Crippen LogP contribution in [-0.2, 0) is 9.59 Å². The van der Waals surface area contributed by atoms with Crippen LogP contribution in [-0.4, -0.2) is 47.2 Å². The summed E-state index contributed by atoms with van der Waals surface area (Å²) >= 11 is 0. The van der Waals surface area contributed by atoms with Gasteiger partial charge in [-0.25, -0.2) is 0 Å². The van der Waals surface area contributed by atoms with Crippen LogP contribution in [0.2, 0.25) is 0 Å². The highest BCUT2D eigenvalue weighted by molar-refractivity contribution is 5.95. The fourth-order valence-electron chi connectivity index (χ4n) is 3.44. The van der Waals surface area contributed by atoms with Crippen molar-refractivity contribution in [2.75, 3.05) is 19.6 Å². The summed E-state index contributed by atoms with van der Waals surface area (Å²) in [6, 6.07) is 14.2. The molecule has 1 aromatic carbocycles. The molecule has 3 amide bonds. The molecule has 7 heteroatoms. The Balaban J connectivity index is 1.75. The third-order valence-corrected chi connectivity index (χ3v) is 4.96. The fourth-order valence-corrected chi connectivity index (χ4v) is 3.44. The van der Waals surface area contributed by atoms with Crippen molar-refractivity contribution >= 4 is 17.7 Å². The Labute approximate surface area is 170 Å². The average molecular weight is 394 g/mol. The summed E-state index contributed by atoms with van der Waals surface area (Å²) in [7, 11) is 0. The van der Waals surface area contributed by atoms with Gasteiger partial charge in [0.05, 0.1) is 19.0 Å². The van der Waals surface area contributed by atoms with Crippen molar-refractivity contribution in [3.05, 3.63) is 66.0 Å². The summed E-state index contributed by atoms with van der Waals surface area (Å²) in [6.45, 7) is 1.07. The first-order valence-corrected chi connectivity index (χ1v) is 9.95. The third kappa shape index (κ3) is 5.88. The van der Waals surface area contributed by atoms with E-state index in [4.69, 9.17) is 0 Å². The second-order valence-electron chi connectivity index (χ2n) is 7.03. The summed E-state index contributed by atoms with van der Waals surface area (Å²) < 4.78 is 0. The lowest BCUT2D eigenvalue weighted by atomic mass is 10.00. The molecule has 1 fully saturated rings. The molecule has 2 aromatic rings. The van der Waals surface area contributed by atoms with Gasteiger partial charge < -0.3 is 15.5 Å². The monoisotopic (exact) mass is 394 g/mol. The molecule has 1 saturated heterocycles. The molecule has 1 aliphatic rings. The van der Waals surface area contributed by atoms with Crippen molar-refractivity contribution in [1.82, 2.24) is 20.5 Å². The first-order valence-electron chi connectivity index (χ1n) is 9.95. The van der Waals surface area contributed by atoms with Gasteiger partial charge in [-0.05, 0) is 37.0 Å². The molecule has 1 aliphatic heterocycles. The highest BCUT2D eigenvalue weighted by atomic mass is 16.2. The van der Waals surface area contributed by atoms with E-state index in [1.165, 1.54) is 6.20 Å². The lowest BCUT2D eigenvalue weighted by molar-refractivity contribution is -0.134. The van der Waals surface area contributed by atoms with Crippen LogP contribution in [0.5, 0.6) is 0 Å². The normalized spacial score (nSPS) is 17.9. The lowest BCUT2D eigenvalue weighted by Crippen LogP contribution is -2.44. The number of hydrogen-bond acceptors (Lipinski definition) is 4. The van der Waals surface area contributed by atoms with E-state index >= 15 is 0 Å². The Bertz CT molecular complexity index is 826. The average Bonchev–Trinajstić information content (AvgIpc) is 2.77. The zero-order valence-electron chi connectivity index (χ0n) is 16.3. The Kier molecular flexibility index (Phi) is 7.33. The van der Waals surface area contributed by atoms with Gasteiger partial charge >= 0.3 is 0 Å². The van der Waals surface area contributed by atoms with Gasteiger partial charge in [0.2, 0.25) is 11.8 Å². The maximum absolute atomic E-state index is 13.0. The van der Waals surface area contributed by atoms with Gasteiger partial charge in [-0.2, -0.15) is 0 Å². The van der Waals surface area contributed by atoms with E-state index in [9.17, 15) is 14.4 Å². The highest BCUT2D eigenvalue weighted by Gasteiger charge is 2.28. The Morgan fingerprint density at radius 2 is 1.86 bits per heavy atom. The van der Waals surface area contributed by atoms with Crippen molar-refractivity contribution in [3.8, 4) is 0 Å². The van der Waals surface area contributed by atoms with Gasteiger partial charge in [-0.15, -0.1) is 0 Å². The van der Waals surface area contributed by atoms with Crippen molar-refractivity contribution < 1.29 is 14.4 Å². The molecule has 2 heterocycles. The summed E-state index contributed by atoms with van der Waals surface area (Å²) in [6.07, 6.45) is 4.39. The number of rotatable bonds is 4. The number of aromatic nitrogens is 1. The van der Waals surface area contributed by atoms with Crippen LogP contribution in [0.15, 0.2) is 54.7 Å². The van der Waals surface area contributed by atoms with E-state index in [1.807, 2.05) is 30.3 Å². The van der Waals surface area contributed by atoms with Crippen molar-refractivity contribution in [1.29, 1.82) is 0 Å². The number of pyridine rings is 1. The van der Waals surface area contributed by atoms with Gasteiger partial charge in [0, 0.05) is 19.3 Å². The van der Waals surface area contributed by atoms with E-state index in [-0.39, 0.29) is 36.5 Å². The molecule has 1 unspecified atom stereocenters. The maximum atomic E-state index is 13.0. The van der Waals surface area contributed by atoms with Crippen LogP contribution < -0.4 is 10.6 Å². The molecule has 3 rings (SSSR count). The van der Waals surface area contributed by atoms with Gasteiger partial charge in [0.25, 0.3) is 5.91 Å². The van der Waals surface area contributed by atoms with Crippen LogP contribution in [0, 0.1) is 0 Å². The maximum Gasteiger partial charge on any atom is 0.270 e. The number of benzene rings is 1. The molecule has 7 nitrogen and oxygen atoms in total. The van der Waals surface area contributed by atoms with E-state index in [2.05, 4.69) is 15.6 Å². The number of amides is 3. The molecule has 29 heavy (non-hydrogen) atoms. The minimum absolute atomic E-state index is 0.0731. The van der Waals surface area contributed by atoms with E-state index < -0.39 is 5.91 Å². The first kappa shape index (κ1) is 20.5. The largest absolute Gasteiger partial charge is 0.356 e. The van der Waals surface area contributed by atoms with Gasteiger partial charge in [-0.1, -0.05) is 36.4 Å². The standard InChI is InChI=1S/C22H26N4O3/c27-20-15-19(17-9-3-1-4-10-17)26(14-8-2-6-13-24-20)21(28)16-25-22(29)18-11-5-7-12-23-18/h1,3-5,7,9-12,19H,2,6,8,13-16H2,(H,24,27)(H,25,29). The quantitative estimate of drug-likeness (QED) is 0.831. The lowest BCUT2D eigenvalue weighted by Gasteiger charge is -2.33. The number of nitrogens with zero attached hydrogens (tertiary/aromatic N) is 2. The minimum atomic E-state index is -0.394. The molecule has 0 radical (unpaired) electrons. The Morgan fingerprint density at radius 1 is 1.07 bits per heavy atom. The zero-order chi connectivity index (χ0) is 20.5. The molecular formula is C22H26N4O3. The topological polar surface area (TPSA) is 91.4 Å². The molecule has 0 aliphatic carbocycles. The molecule has 1 atom stereocenters. The molecule has 152 valence electrons. The predicted octanol–water partition coefficient (Wildman–Crippen LogP) is 2.07. The van der Waals surface area contributed by atoms with Crippen LogP contribution in [0.25, 0.3) is 0 Å². The smallest absolute Gasteiger partial charge is 0.270 e. The number of hydrogen-bond donors (Lipinski definition) is 2. The first-order chi connectivity index (χ1) is 14.1. The summed E-state index contributed by atoms with van der Waals surface area (Å²) in [5.41, 5.74) is 1.17. The molecule has 2 N–H and O–H groups in total. The Morgan fingerprint density at radius 3 is 2.62 bits per heavy atom. The van der Waals surface area contributed by atoms with Gasteiger partial charge in [-0.3, -0.25) is 19.4 Å². The van der Waals surface area contributed by atoms with Crippen LogP contribution in [0.3, 0.4) is 0 Å². The van der Waals surface area contributed by atoms with Crippen LogP contribution >= 0.6 is 0 Å². The molecule has 0 bridgehead atoms. The fraction of sp³-hybridized carbons (Fsp3) is 0.364. The second kappa shape index (κ2) is 10.4. The molecule has 0 spiro atoms. The Hall–Kier alpha value is -3.22. The van der Waals surface area contributed by atoms with Crippen LogP contribution in [0.1, 0.15) is 47.8 Å². The van der Waals surface area contributed by atoms with Gasteiger partial charge in [0.1, 0.15) is 5.69 Å².